The van der Waals surface area contributed by atoms with Crippen LogP contribution in [0.5, 0.6) is 0 Å². The number of fused-ring (bicyclic) bond motifs is 1. The van der Waals surface area contributed by atoms with Gasteiger partial charge in [0.1, 0.15) is 11.4 Å². The number of aromatic nitrogens is 2. The molecule has 0 radical (unpaired) electrons. The van der Waals surface area contributed by atoms with E-state index in [0.717, 1.165) is 22.0 Å². The minimum Gasteiger partial charge on any atom is -0.363 e. The van der Waals surface area contributed by atoms with Gasteiger partial charge in [-0.2, -0.15) is 18.3 Å². The van der Waals surface area contributed by atoms with Gasteiger partial charge < -0.3 is 10.6 Å². The predicted octanol–water partition coefficient (Wildman–Crippen LogP) is 6.07. The molecule has 1 aromatic heterocycles. The second kappa shape index (κ2) is 7.92. The van der Waals surface area contributed by atoms with E-state index in [0.29, 0.717) is 16.3 Å². The highest BCUT2D eigenvalue weighted by Gasteiger charge is 2.47. The Labute approximate surface area is 182 Å². The number of rotatable bonds is 3. The highest BCUT2D eigenvalue weighted by Crippen LogP contribution is 2.44. The number of benzene rings is 2. The van der Waals surface area contributed by atoms with Crippen LogP contribution >= 0.6 is 11.6 Å². The van der Waals surface area contributed by atoms with E-state index in [1.807, 2.05) is 19.1 Å². The smallest absolute Gasteiger partial charge is 0.363 e. The molecule has 0 aliphatic carbocycles. The van der Waals surface area contributed by atoms with Crippen molar-refractivity contribution in [2.24, 2.45) is 0 Å². The minimum atomic E-state index is -4.51. The average molecular weight is 449 g/mol. The molecule has 4 rings (SSSR count). The van der Waals surface area contributed by atoms with E-state index in [2.05, 4.69) is 15.7 Å². The van der Waals surface area contributed by atoms with Gasteiger partial charge in [-0.15, -0.1) is 0 Å². The Morgan fingerprint density at radius 3 is 2.58 bits per heavy atom. The van der Waals surface area contributed by atoms with Crippen LogP contribution < -0.4 is 10.6 Å². The number of halogens is 4. The molecule has 1 aliphatic rings. The first-order valence-corrected chi connectivity index (χ1v) is 10.1. The molecule has 5 nitrogen and oxygen atoms in total. The molecular weight excluding hydrogens is 429 g/mol. The molecule has 3 aromatic rings. The second-order valence-electron chi connectivity index (χ2n) is 7.67. The number of amides is 1. The Kier molecular flexibility index (Phi) is 5.43. The molecule has 31 heavy (non-hydrogen) atoms. The van der Waals surface area contributed by atoms with Gasteiger partial charge in [-0.1, -0.05) is 47.5 Å². The molecular formula is C22H20ClF3N4O. The lowest BCUT2D eigenvalue weighted by Gasteiger charge is -2.34. The number of nitrogens with one attached hydrogen (secondary N) is 2. The van der Waals surface area contributed by atoms with Gasteiger partial charge in [-0.25, -0.2) is 4.68 Å². The van der Waals surface area contributed by atoms with Crippen LogP contribution in [0.1, 0.15) is 45.6 Å². The predicted molar refractivity (Wildman–Crippen MR) is 114 cm³/mol. The molecule has 2 N–H and O–H groups in total. The highest BCUT2D eigenvalue weighted by molar-refractivity contribution is 6.31. The molecule has 0 bridgehead atoms. The largest absolute Gasteiger partial charge is 0.410 e. The lowest BCUT2D eigenvalue weighted by molar-refractivity contribution is -0.173. The van der Waals surface area contributed by atoms with Crippen LogP contribution in [0.4, 0.5) is 24.7 Å². The van der Waals surface area contributed by atoms with Crippen LogP contribution in [0.3, 0.4) is 0 Å². The SMILES string of the molecule is Cc1ccc(C2CC(C(F)(F)F)n3ncc(C(=O)Nc4cc(Cl)ccc4C)c3N2)cc1. The van der Waals surface area contributed by atoms with Crippen molar-refractivity contribution in [2.45, 2.75) is 38.5 Å². The van der Waals surface area contributed by atoms with Crippen LogP contribution in [0.2, 0.25) is 5.02 Å². The third-order valence-corrected chi connectivity index (χ3v) is 5.65. The fourth-order valence-corrected chi connectivity index (χ4v) is 3.84. The second-order valence-corrected chi connectivity index (χ2v) is 8.10. The summed E-state index contributed by atoms with van der Waals surface area (Å²) in [5.41, 5.74) is 3.01. The highest BCUT2D eigenvalue weighted by atomic mass is 35.5. The topological polar surface area (TPSA) is 59.0 Å². The summed E-state index contributed by atoms with van der Waals surface area (Å²) in [5.74, 6) is -0.527. The summed E-state index contributed by atoms with van der Waals surface area (Å²) in [4.78, 5) is 12.9. The van der Waals surface area contributed by atoms with Gasteiger partial charge in [0, 0.05) is 17.1 Å². The number of hydrogen-bond acceptors (Lipinski definition) is 3. The lowest BCUT2D eigenvalue weighted by atomic mass is 9.96. The zero-order valence-electron chi connectivity index (χ0n) is 16.8. The van der Waals surface area contributed by atoms with Gasteiger partial charge >= 0.3 is 6.18 Å². The van der Waals surface area contributed by atoms with E-state index >= 15 is 0 Å². The van der Waals surface area contributed by atoms with Crippen molar-refractivity contribution >= 4 is 29.0 Å². The molecule has 1 aliphatic heterocycles. The fourth-order valence-electron chi connectivity index (χ4n) is 3.66. The van der Waals surface area contributed by atoms with Crippen molar-refractivity contribution in [1.82, 2.24) is 9.78 Å². The number of anilines is 2. The monoisotopic (exact) mass is 448 g/mol. The summed E-state index contributed by atoms with van der Waals surface area (Å²) >= 11 is 6.00. The Balaban J connectivity index is 1.70. The zero-order chi connectivity index (χ0) is 22.3. The summed E-state index contributed by atoms with van der Waals surface area (Å²) in [6.45, 7) is 3.71. The number of carbonyl (C=O) groups is 1. The van der Waals surface area contributed by atoms with E-state index in [4.69, 9.17) is 11.6 Å². The summed E-state index contributed by atoms with van der Waals surface area (Å²) in [5, 5.41) is 10.1. The van der Waals surface area contributed by atoms with E-state index in [9.17, 15) is 18.0 Å². The molecule has 2 heterocycles. The van der Waals surface area contributed by atoms with E-state index < -0.39 is 24.2 Å². The van der Waals surface area contributed by atoms with Crippen molar-refractivity contribution < 1.29 is 18.0 Å². The first-order chi connectivity index (χ1) is 14.6. The molecule has 162 valence electrons. The lowest BCUT2D eigenvalue weighted by Crippen LogP contribution is -2.36. The van der Waals surface area contributed by atoms with E-state index in [-0.39, 0.29) is 17.8 Å². The summed E-state index contributed by atoms with van der Waals surface area (Å²) in [6.07, 6.45) is -3.58. The standard InChI is InChI=1S/C22H20ClF3N4O/c1-12-3-6-14(7-4-12)18-10-19(22(24,25)26)30-20(28-18)16(11-27-30)21(31)29-17-9-15(23)8-5-13(17)2/h3-9,11,18-19,28H,10H2,1-2H3,(H,29,31). The third kappa shape index (κ3) is 4.25. The first-order valence-electron chi connectivity index (χ1n) is 9.68. The fraction of sp³-hybridized carbons (Fsp3) is 0.273. The van der Waals surface area contributed by atoms with Gasteiger partial charge in [-0.05, 0) is 37.1 Å². The van der Waals surface area contributed by atoms with Crippen molar-refractivity contribution in [3.63, 3.8) is 0 Å². The maximum absolute atomic E-state index is 13.8. The number of alkyl halides is 3. The summed E-state index contributed by atoms with van der Waals surface area (Å²) < 4.78 is 42.3. The van der Waals surface area contributed by atoms with Crippen LogP contribution in [-0.2, 0) is 0 Å². The van der Waals surface area contributed by atoms with Crippen LogP contribution in [0.25, 0.3) is 0 Å². The number of carbonyl (C=O) groups excluding carboxylic acids is 1. The Morgan fingerprint density at radius 1 is 1.19 bits per heavy atom. The van der Waals surface area contributed by atoms with Gasteiger partial charge in [0.15, 0.2) is 6.04 Å². The maximum Gasteiger partial charge on any atom is 0.410 e. The molecule has 0 saturated heterocycles. The zero-order valence-corrected chi connectivity index (χ0v) is 17.6. The molecule has 9 heteroatoms. The Bertz CT molecular complexity index is 1120. The maximum atomic E-state index is 13.8. The number of nitrogens with zero attached hydrogens (tertiary/aromatic N) is 2. The first kappa shape index (κ1) is 21.2. The van der Waals surface area contributed by atoms with Crippen LogP contribution in [0.15, 0.2) is 48.7 Å². The van der Waals surface area contributed by atoms with Crippen molar-refractivity contribution in [1.29, 1.82) is 0 Å². The Hall–Kier alpha value is -3.00. The molecule has 2 unspecified atom stereocenters. The average Bonchev–Trinajstić information content (AvgIpc) is 3.14. The van der Waals surface area contributed by atoms with Gasteiger partial charge in [0.25, 0.3) is 5.91 Å². The number of aryl methyl sites for hydroxylation is 2. The molecule has 0 spiro atoms. The number of hydrogen-bond donors (Lipinski definition) is 2. The molecule has 0 saturated carbocycles. The normalized spacial score (nSPS) is 18.3. The molecule has 1 amide bonds. The summed E-state index contributed by atoms with van der Waals surface area (Å²) in [6, 6.07) is 9.85. The molecule has 0 fully saturated rings. The third-order valence-electron chi connectivity index (χ3n) is 5.41. The van der Waals surface area contributed by atoms with Crippen LogP contribution in [-0.4, -0.2) is 21.9 Å². The summed E-state index contributed by atoms with van der Waals surface area (Å²) in [7, 11) is 0. The van der Waals surface area contributed by atoms with E-state index in [1.54, 1.807) is 37.3 Å². The van der Waals surface area contributed by atoms with Gasteiger partial charge in [0.2, 0.25) is 0 Å². The van der Waals surface area contributed by atoms with Gasteiger partial charge in [0.05, 0.1) is 12.2 Å². The van der Waals surface area contributed by atoms with E-state index in [1.165, 1.54) is 0 Å². The molecule has 2 atom stereocenters. The van der Waals surface area contributed by atoms with Crippen molar-refractivity contribution in [3.05, 3.63) is 75.9 Å². The van der Waals surface area contributed by atoms with Crippen LogP contribution in [0, 0.1) is 13.8 Å². The molecule has 2 aromatic carbocycles. The van der Waals surface area contributed by atoms with Crippen molar-refractivity contribution in [2.75, 3.05) is 10.6 Å². The van der Waals surface area contributed by atoms with Gasteiger partial charge in [-0.3, -0.25) is 4.79 Å². The quantitative estimate of drug-likeness (QED) is 0.511. The Morgan fingerprint density at radius 2 is 1.90 bits per heavy atom. The minimum absolute atomic E-state index is 0.0328. The van der Waals surface area contributed by atoms with Crippen molar-refractivity contribution in [3.8, 4) is 0 Å².